The third kappa shape index (κ3) is 6.49. The Morgan fingerprint density at radius 2 is 2.08 bits per heavy atom. The fraction of sp³-hybridized carbons (Fsp3) is 0. The van der Waals surface area contributed by atoms with E-state index in [9.17, 15) is 9.59 Å². The molecule has 4 N–H and O–H groups in total. The summed E-state index contributed by atoms with van der Waals surface area (Å²) in [4.78, 5) is 24.5. The van der Waals surface area contributed by atoms with Crippen molar-refractivity contribution in [3.05, 3.63) is 12.2 Å². The smallest absolute Gasteiger partial charge is 0.356 e. The summed E-state index contributed by atoms with van der Waals surface area (Å²) in [5, 5.41) is 7.86. The Bertz CT molecular complexity index is 238. The average Bonchev–Trinajstić information content (AvgIpc) is 1.96. The van der Waals surface area contributed by atoms with Gasteiger partial charge in [0.1, 0.15) is 0 Å². The van der Waals surface area contributed by atoms with Crippen LogP contribution in [0.15, 0.2) is 12.2 Å². The van der Waals surface area contributed by atoms with Crippen molar-refractivity contribution in [2.24, 2.45) is 5.73 Å². The second kappa shape index (κ2) is 5.08. The largest absolute Gasteiger partial charge is 0.478 e. The van der Waals surface area contributed by atoms with Crippen LogP contribution in [0.2, 0.25) is 0 Å². The van der Waals surface area contributed by atoms with Crippen molar-refractivity contribution in [3.63, 3.8) is 0 Å². The van der Waals surface area contributed by atoms with Crippen molar-refractivity contribution in [1.29, 1.82) is 0 Å². The predicted octanol–water partition coefficient (Wildman–Crippen LogP) is -1.08. The lowest BCUT2D eigenvalue weighted by atomic mass is 10.5. The number of carbonyl (C=O) groups excluding carboxylic acids is 1. The molecule has 0 amide bonds. The summed E-state index contributed by atoms with van der Waals surface area (Å²) in [6.07, 6.45) is 1.34. The van der Waals surface area contributed by atoms with E-state index in [-0.39, 0.29) is 5.11 Å². The zero-order valence-electron chi connectivity index (χ0n) is 5.81. The van der Waals surface area contributed by atoms with E-state index in [1.165, 1.54) is 0 Å². The molecule has 0 bridgehead atoms. The van der Waals surface area contributed by atoms with Gasteiger partial charge in [0.05, 0.1) is 0 Å². The maximum absolute atomic E-state index is 10.5. The Morgan fingerprint density at radius 1 is 1.50 bits per heavy atom. The second-order valence-corrected chi connectivity index (χ2v) is 2.00. The molecule has 0 aromatic rings. The number of hydroxylamine groups is 1. The van der Waals surface area contributed by atoms with Crippen molar-refractivity contribution < 1.29 is 19.5 Å². The van der Waals surface area contributed by atoms with Crippen LogP contribution in [0.25, 0.3) is 0 Å². The van der Waals surface area contributed by atoms with Gasteiger partial charge in [0.25, 0.3) is 0 Å². The van der Waals surface area contributed by atoms with E-state index in [4.69, 9.17) is 10.8 Å². The molecule has 7 heteroatoms. The molecule has 0 saturated heterocycles. The van der Waals surface area contributed by atoms with Gasteiger partial charge in [0.15, 0.2) is 5.11 Å². The van der Waals surface area contributed by atoms with E-state index < -0.39 is 11.9 Å². The highest BCUT2D eigenvalue weighted by Crippen LogP contribution is 1.77. The monoisotopic (exact) mass is 190 g/mol. The average molecular weight is 190 g/mol. The van der Waals surface area contributed by atoms with Crippen molar-refractivity contribution in [3.8, 4) is 0 Å². The molecule has 6 nitrogen and oxygen atoms in total. The van der Waals surface area contributed by atoms with Gasteiger partial charge >= 0.3 is 11.9 Å². The molecule has 0 aliphatic heterocycles. The van der Waals surface area contributed by atoms with Crippen LogP contribution in [-0.2, 0) is 14.4 Å². The zero-order chi connectivity index (χ0) is 9.56. The van der Waals surface area contributed by atoms with Gasteiger partial charge in [0.2, 0.25) is 0 Å². The predicted molar refractivity (Wildman–Crippen MR) is 42.8 cm³/mol. The van der Waals surface area contributed by atoms with Crippen LogP contribution >= 0.6 is 12.2 Å². The van der Waals surface area contributed by atoms with Gasteiger partial charge in [0, 0.05) is 12.2 Å². The minimum atomic E-state index is -1.25. The summed E-state index contributed by atoms with van der Waals surface area (Å²) in [7, 11) is 0. The van der Waals surface area contributed by atoms with Crippen LogP contribution in [0.4, 0.5) is 0 Å². The van der Waals surface area contributed by atoms with E-state index in [1.54, 1.807) is 0 Å². The lowest BCUT2D eigenvalue weighted by Gasteiger charge is -1.99. The number of nitrogens with two attached hydrogens (primary N) is 1. The van der Waals surface area contributed by atoms with E-state index in [1.807, 2.05) is 5.48 Å². The molecule has 0 rings (SSSR count). The zero-order valence-corrected chi connectivity index (χ0v) is 6.63. The first-order valence-electron chi connectivity index (χ1n) is 2.69. The maximum atomic E-state index is 10.5. The van der Waals surface area contributed by atoms with Gasteiger partial charge in [-0.25, -0.2) is 9.59 Å². The van der Waals surface area contributed by atoms with Crippen LogP contribution in [0.1, 0.15) is 0 Å². The number of hydrogen-bond acceptors (Lipinski definition) is 4. The third-order valence-corrected chi connectivity index (χ3v) is 0.698. The van der Waals surface area contributed by atoms with Crippen LogP contribution in [0, 0.1) is 0 Å². The van der Waals surface area contributed by atoms with E-state index in [0.717, 1.165) is 0 Å². The standard InChI is InChI=1S/C5H6N2O4S/c6-5(12)7-11-4(10)2-1-3(8)9/h1-2H,(H,8,9)(H3,6,7,12)/b2-1-. The van der Waals surface area contributed by atoms with Crippen LogP contribution in [0.3, 0.4) is 0 Å². The molecule has 0 aliphatic rings. The maximum Gasteiger partial charge on any atom is 0.356 e. The number of thiocarbonyl (C=S) groups is 1. The van der Waals surface area contributed by atoms with Crippen molar-refractivity contribution in [2.45, 2.75) is 0 Å². The lowest BCUT2D eigenvalue weighted by molar-refractivity contribution is -0.142. The SMILES string of the molecule is NC(=S)NOC(=O)/C=C\C(=O)O. The molecular formula is C5H6N2O4S. The highest BCUT2D eigenvalue weighted by atomic mass is 32.1. The first-order valence-corrected chi connectivity index (χ1v) is 3.10. The van der Waals surface area contributed by atoms with Crippen LogP contribution in [0.5, 0.6) is 0 Å². The van der Waals surface area contributed by atoms with E-state index >= 15 is 0 Å². The number of rotatable bonds is 2. The molecule has 0 unspecified atom stereocenters. The summed E-state index contributed by atoms with van der Waals surface area (Å²) in [6.45, 7) is 0. The minimum Gasteiger partial charge on any atom is -0.478 e. The summed E-state index contributed by atoms with van der Waals surface area (Å²) in [6, 6.07) is 0. The van der Waals surface area contributed by atoms with Crippen molar-refractivity contribution >= 4 is 29.3 Å². The van der Waals surface area contributed by atoms with Gasteiger partial charge in [-0.3, -0.25) is 0 Å². The molecule has 0 atom stereocenters. The van der Waals surface area contributed by atoms with Crippen LogP contribution in [-0.4, -0.2) is 22.2 Å². The summed E-state index contributed by atoms with van der Waals surface area (Å²) in [5.74, 6) is -2.15. The van der Waals surface area contributed by atoms with E-state index in [2.05, 4.69) is 17.1 Å². The molecular weight excluding hydrogens is 184 g/mol. The fourth-order valence-corrected chi connectivity index (χ4v) is 0.316. The number of aliphatic carboxylic acids is 1. The van der Waals surface area contributed by atoms with Crippen molar-refractivity contribution in [2.75, 3.05) is 0 Å². The summed E-state index contributed by atoms with van der Waals surface area (Å²) >= 11 is 4.30. The number of nitrogens with one attached hydrogen (secondary N) is 1. The van der Waals surface area contributed by atoms with Gasteiger partial charge in [-0.05, 0) is 12.2 Å². The Balaban J connectivity index is 3.75. The van der Waals surface area contributed by atoms with Gasteiger partial charge in [-0.2, -0.15) is 5.48 Å². The Labute approximate surface area is 72.9 Å². The first-order chi connectivity index (χ1) is 5.52. The first kappa shape index (κ1) is 10.4. The lowest BCUT2D eigenvalue weighted by Crippen LogP contribution is -2.31. The quantitative estimate of drug-likeness (QED) is 0.289. The fourth-order valence-electron chi connectivity index (χ4n) is 0.274. The van der Waals surface area contributed by atoms with Crippen molar-refractivity contribution in [1.82, 2.24) is 5.48 Å². The molecule has 12 heavy (non-hydrogen) atoms. The number of hydrogen-bond donors (Lipinski definition) is 3. The molecule has 0 aliphatic carbocycles. The molecule has 0 heterocycles. The Hall–Kier alpha value is -1.63. The van der Waals surface area contributed by atoms with Gasteiger partial charge in [-0.1, -0.05) is 0 Å². The van der Waals surface area contributed by atoms with Crippen LogP contribution < -0.4 is 11.2 Å². The molecule has 0 aromatic heterocycles. The Morgan fingerprint density at radius 3 is 2.50 bits per heavy atom. The third-order valence-electron chi connectivity index (χ3n) is 0.614. The highest BCUT2D eigenvalue weighted by Gasteiger charge is 1.97. The highest BCUT2D eigenvalue weighted by molar-refractivity contribution is 7.80. The Kier molecular flexibility index (Phi) is 4.39. The second-order valence-electron chi connectivity index (χ2n) is 1.56. The van der Waals surface area contributed by atoms with Gasteiger partial charge < -0.3 is 15.7 Å². The molecule has 0 radical (unpaired) electrons. The number of carboxylic acids is 1. The minimum absolute atomic E-state index is 0.216. The molecule has 0 fully saturated rings. The summed E-state index contributed by atoms with van der Waals surface area (Å²) in [5.41, 5.74) is 6.78. The normalized spacial score (nSPS) is 9.33. The van der Waals surface area contributed by atoms with Gasteiger partial charge in [-0.15, -0.1) is 0 Å². The topological polar surface area (TPSA) is 102 Å². The molecule has 66 valence electrons. The number of carbonyl (C=O) groups is 2. The summed E-state index contributed by atoms with van der Waals surface area (Å²) < 4.78 is 0. The van der Waals surface area contributed by atoms with E-state index in [0.29, 0.717) is 12.2 Å². The molecule has 0 saturated carbocycles. The molecule has 0 aromatic carbocycles. The molecule has 0 spiro atoms. The number of carboxylic acid groups (broad SMARTS) is 1.